The second kappa shape index (κ2) is 10.3. The number of hydrogen-bond donors (Lipinski definition) is 4. The molecule has 208 valence electrons. The lowest BCUT2D eigenvalue weighted by Crippen LogP contribution is -2.07. The molecule has 0 saturated carbocycles. The van der Waals surface area contributed by atoms with Gasteiger partial charge in [-0.05, 0) is 66.9 Å². The van der Waals surface area contributed by atoms with Crippen molar-refractivity contribution in [1.29, 1.82) is 0 Å². The van der Waals surface area contributed by atoms with Crippen molar-refractivity contribution in [2.24, 2.45) is 10.2 Å². The molecule has 5 rings (SSSR count). The van der Waals surface area contributed by atoms with E-state index in [9.17, 15) is 33.3 Å². The van der Waals surface area contributed by atoms with Crippen molar-refractivity contribution in [3.05, 3.63) is 94.0 Å². The number of aromatic amines is 1. The number of carboxylic acid groups (broad SMARTS) is 1. The van der Waals surface area contributed by atoms with Crippen LogP contribution in [0.1, 0.15) is 27.0 Å². The van der Waals surface area contributed by atoms with Gasteiger partial charge < -0.3 is 20.3 Å². The van der Waals surface area contributed by atoms with Crippen LogP contribution in [0, 0.1) is 13.8 Å². The number of phenolic OH excluding ortho intramolecular Hbond substituents is 1. The van der Waals surface area contributed by atoms with E-state index in [0.29, 0.717) is 21.7 Å². The van der Waals surface area contributed by atoms with E-state index in [1.54, 1.807) is 38.1 Å². The van der Waals surface area contributed by atoms with E-state index in [0.717, 1.165) is 12.1 Å². The van der Waals surface area contributed by atoms with Crippen molar-refractivity contribution in [3.8, 4) is 33.9 Å². The number of nitrogens with zero attached hydrogens (tertiary/aromatic N) is 2. The molecule has 0 aliphatic carbocycles. The summed E-state index contributed by atoms with van der Waals surface area (Å²) in [4.78, 5) is 14.6. The zero-order chi connectivity index (χ0) is 29.6. The van der Waals surface area contributed by atoms with Crippen LogP contribution < -0.4 is 0 Å². The van der Waals surface area contributed by atoms with Crippen LogP contribution >= 0.6 is 11.6 Å². The molecule has 0 saturated heterocycles. The Bertz CT molecular complexity index is 1860. The number of aromatic carboxylic acids is 1. The topological polar surface area (TPSA) is 118 Å². The van der Waals surface area contributed by atoms with Gasteiger partial charge in [-0.1, -0.05) is 41.9 Å². The average Bonchev–Trinajstić information content (AvgIpc) is 3.24. The minimum atomic E-state index is -4.72. The molecular formula is C30H21ClF3N3O4. The molecule has 11 heteroatoms. The first-order valence-electron chi connectivity index (χ1n) is 12.2. The van der Waals surface area contributed by atoms with Gasteiger partial charge in [-0.25, -0.2) is 4.79 Å². The fraction of sp³-hybridized carbons (Fsp3) is 0.100. The number of benzene rings is 4. The zero-order valence-electron chi connectivity index (χ0n) is 21.5. The maximum atomic E-state index is 14.2. The highest BCUT2D eigenvalue weighted by Gasteiger charge is 2.36. The predicted octanol–water partition coefficient (Wildman–Crippen LogP) is 9.32. The van der Waals surface area contributed by atoms with Gasteiger partial charge in [0.15, 0.2) is 5.69 Å². The van der Waals surface area contributed by atoms with Gasteiger partial charge in [0, 0.05) is 27.1 Å². The number of phenols is 1. The number of H-pyrrole nitrogens is 1. The summed E-state index contributed by atoms with van der Waals surface area (Å²) in [5.41, 5.74) is 0.174. The van der Waals surface area contributed by atoms with E-state index >= 15 is 0 Å². The van der Waals surface area contributed by atoms with Gasteiger partial charge in [0.1, 0.15) is 11.4 Å². The standard InChI is InChI=1S/C30H21ClF3N3O4/c1-14-12-16(13-15(2)24(14)31)23-21(30(32,33)34)11-10-19-26(23)35-28(39)27(19)37-36-25-18(7-5-8-20(25)29(40)41)17-6-3-4-9-22(17)38/h3-13,35,38-39H,1-2H3,(H,40,41). The van der Waals surface area contributed by atoms with Crippen LogP contribution in [-0.4, -0.2) is 26.3 Å². The molecule has 1 heterocycles. The predicted molar refractivity (Wildman–Crippen MR) is 150 cm³/mol. The van der Waals surface area contributed by atoms with Crippen molar-refractivity contribution in [3.63, 3.8) is 0 Å². The number of carboxylic acids is 1. The third-order valence-corrected chi connectivity index (χ3v) is 7.27. The number of aromatic hydroxyl groups is 2. The fourth-order valence-electron chi connectivity index (χ4n) is 4.81. The Morgan fingerprint density at radius 1 is 0.878 bits per heavy atom. The Balaban J connectivity index is 1.75. The summed E-state index contributed by atoms with van der Waals surface area (Å²) < 4.78 is 42.5. The molecule has 0 radical (unpaired) electrons. The lowest BCUT2D eigenvalue weighted by atomic mass is 9.94. The summed E-state index contributed by atoms with van der Waals surface area (Å²) in [5.74, 6) is -2.01. The second-order valence-corrected chi connectivity index (χ2v) is 9.76. The number of para-hydroxylation sites is 1. The minimum Gasteiger partial charge on any atom is -0.507 e. The SMILES string of the molecule is Cc1cc(-c2c(C(F)(F)F)ccc3c(N=Nc4c(C(=O)O)cccc4-c4ccccc4O)c(O)[nH]c23)cc(C)c1Cl. The second-order valence-electron chi connectivity index (χ2n) is 9.38. The zero-order valence-corrected chi connectivity index (χ0v) is 22.3. The molecule has 0 spiro atoms. The van der Waals surface area contributed by atoms with Gasteiger partial charge in [0.2, 0.25) is 5.88 Å². The van der Waals surface area contributed by atoms with E-state index in [2.05, 4.69) is 15.2 Å². The molecule has 4 N–H and O–H groups in total. The van der Waals surface area contributed by atoms with Gasteiger partial charge in [-0.3, -0.25) is 0 Å². The third kappa shape index (κ3) is 4.98. The van der Waals surface area contributed by atoms with Crippen molar-refractivity contribution in [1.82, 2.24) is 4.98 Å². The summed E-state index contributed by atoms with van der Waals surface area (Å²) in [6.07, 6.45) is -4.72. The normalized spacial score (nSPS) is 12.0. The number of rotatable bonds is 5. The third-order valence-electron chi connectivity index (χ3n) is 6.67. The molecule has 0 atom stereocenters. The first-order valence-corrected chi connectivity index (χ1v) is 12.5. The molecule has 1 aromatic heterocycles. The van der Waals surface area contributed by atoms with E-state index in [-0.39, 0.29) is 50.3 Å². The van der Waals surface area contributed by atoms with E-state index < -0.39 is 23.6 Å². The lowest BCUT2D eigenvalue weighted by molar-refractivity contribution is -0.137. The highest BCUT2D eigenvalue weighted by molar-refractivity contribution is 6.32. The van der Waals surface area contributed by atoms with Crippen LogP contribution in [0.25, 0.3) is 33.2 Å². The van der Waals surface area contributed by atoms with E-state index in [1.807, 2.05) is 0 Å². The fourth-order valence-corrected chi connectivity index (χ4v) is 4.91. The summed E-state index contributed by atoms with van der Waals surface area (Å²) in [5, 5.41) is 39.7. The molecule has 0 amide bonds. The molecule has 41 heavy (non-hydrogen) atoms. The molecule has 0 fully saturated rings. The molecule has 0 aliphatic rings. The van der Waals surface area contributed by atoms with E-state index in [4.69, 9.17) is 11.6 Å². The first kappa shape index (κ1) is 27.7. The maximum absolute atomic E-state index is 14.2. The smallest absolute Gasteiger partial charge is 0.417 e. The number of carbonyl (C=O) groups is 1. The van der Waals surface area contributed by atoms with Crippen LogP contribution in [0.5, 0.6) is 11.6 Å². The number of hydrogen-bond acceptors (Lipinski definition) is 5. The number of halogens is 4. The number of aryl methyl sites for hydroxylation is 2. The van der Waals surface area contributed by atoms with Gasteiger partial charge in [-0.15, -0.1) is 10.2 Å². The average molecular weight is 580 g/mol. The Labute approximate surface area is 236 Å². The highest BCUT2D eigenvalue weighted by atomic mass is 35.5. The summed E-state index contributed by atoms with van der Waals surface area (Å²) in [6, 6.07) is 15.7. The monoisotopic (exact) mass is 579 g/mol. The largest absolute Gasteiger partial charge is 0.507 e. The van der Waals surface area contributed by atoms with Crippen LogP contribution in [-0.2, 0) is 6.18 Å². The minimum absolute atomic E-state index is 0.0418. The summed E-state index contributed by atoms with van der Waals surface area (Å²) in [6.45, 7) is 3.36. The Morgan fingerprint density at radius 3 is 2.15 bits per heavy atom. The Kier molecular flexibility index (Phi) is 6.96. The lowest BCUT2D eigenvalue weighted by Gasteiger charge is -2.16. The highest BCUT2D eigenvalue weighted by Crippen LogP contribution is 2.47. The van der Waals surface area contributed by atoms with Crippen LogP contribution in [0.3, 0.4) is 0 Å². The number of aromatic nitrogens is 1. The first-order chi connectivity index (χ1) is 19.4. The van der Waals surface area contributed by atoms with Gasteiger partial charge >= 0.3 is 12.1 Å². The summed E-state index contributed by atoms with van der Waals surface area (Å²) >= 11 is 6.26. The molecular weight excluding hydrogens is 559 g/mol. The summed E-state index contributed by atoms with van der Waals surface area (Å²) in [7, 11) is 0. The molecule has 7 nitrogen and oxygen atoms in total. The molecule has 0 unspecified atom stereocenters. The Hall–Kier alpha value is -4.83. The van der Waals surface area contributed by atoms with Crippen LogP contribution in [0.15, 0.2) is 77.0 Å². The maximum Gasteiger partial charge on any atom is 0.417 e. The van der Waals surface area contributed by atoms with Crippen molar-refractivity contribution in [2.45, 2.75) is 20.0 Å². The number of fused-ring (bicyclic) bond motifs is 1. The number of alkyl halides is 3. The quantitative estimate of drug-likeness (QED) is 0.155. The van der Waals surface area contributed by atoms with E-state index in [1.165, 1.54) is 30.3 Å². The van der Waals surface area contributed by atoms with Crippen LogP contribution in [0.2, 0.25) is 5.02 Å². The molecule has 0 aliphatic heterocycles. The molecule has 0 bridgehead atoms. The van der Waals surface area contributed by atoms with Crippen molar-refractivity contribution < 1.29 is 33.3 Å². The van der Waals surface area contributed by atoms with Gasteiger partial charge in [0.25, 0.3) is 0 Å². The Morgan fingerprint density at radius 2 is 1.51 bits per heavy atom. The number of nitrogens with one attached hydrogen (secondary N) is 1. The molecule has 5 aromatic rings. The van der Waals surface area contributed by atoms with Crippen molar-refractivity contribution in [2.75, 3.05) is 0 Å². The molecule has 4 aromatic carbocycles. The van der Waals surface area contributed by atoms with Crippen LogP contribution in [0.4, 0.5) is 24.5 Å². The van der Waals surface area contributed by atoms with Gasteiger partial charge in [0.05, 0.1) is 16.6 Å². The number of azo groups is 1. The van der Waals surface area contributed by atoms with Gasteiger partial charge in [-0.2, -0.15) is 13.2 Å². The van der Waals surface area contributed by atoms with Crippen molar-refractivity contribution >= 4 is 39.8 Å².